The van der Waals surface area contributed by atoms with Crippen molar-refractivity contribution in [3.8, 4) is 6.07 Å². The van der Waals surface area contributed by atoms with Crippen molar-refractivity contribution in [2.75, 3.05) is 0 Å². The second kappa shape index (κ2) is 6.38. The maximum absolute atomic E-state index is 8.47. The molecule has 2 nitrogen and oxygen atoms in total. The highest BCUT2D eigenvalue weighted by Crippen LogP contribution is 2.01. The Morgan fingerprint density at radius 2 is 2.08 bits per heavy atom. The maximum atomic E-state index is 8.47. The fourth-order valence-electron chi connectivity index (χ4n) is 0.768. The molecule has 2 N–H and O–H groups in total. The molecule has 0 atom stereocenters. The fourth-order valence-corrected chi connectivity index (χ4v) is 0.768. The molecule has 0 bridgehead atoms. The van der Waals surface area contributed by atoms with E-state index in [0.717, 1.165) is 5.56 Å². The van der Waals surface area contributed by atoms with Crippen LogP contribution in [-0.2, 0) is 6.54 Å². The van der Waals surface area contributed by atoms with Crippen LogP contribution in [0.2, 0.25) is 0 Å². The van der Waals surface area contributed by atoms with E-state index in [4.69, 9.17) is 11.0 Å². The highest BCUT2D eigenvalue weighted by atomic mass is 14.5. The molecule has 0 spiro atoms. The van der Waals surface area contributed by atoms with E-state index >= 15 is 0 Å². The predicted octanol–water partition coefficient (Wildman–Crippen LogP) is 2.04. The molecule has 0 unspecified atom stereocenters. The molecule has 0 aliphatic carbocycles. The lowest BCUT2D eigenvalue weighted by molar-refractivity contribution is 1.07. The lowest BCUT2D eigenvalue weighted by atomic mass is 10.1. The lowest BCUT2D eigenvalue weighted by Gasteiger charge is -1.93. The smallest absolute Gasteiger partial charge is 0.0991 e. The molecular formula is C10H14N2. The highest BCUT2D eigenvalue weighted by Gasteiger charge is 1.90. The summed E-state index contributed by atoms with van der Waals surface area (Å²) in [6, 6.07) is 9.34. The average molecular weight is 162 g/mol. The van der Waals surface area contributed by atoms with Gasteiger partial charge < -0.3 is 5.73 Å². The summed E-state index contributed by atoms with van der Waals surface area (Å²) in [7, 11) is 0. The van der Waals surface area contributed by atoms with Crippen LogP contribution in [0.5, 0.6) is 0 Å². The van der Waals surface area contributed by atoms with E-state index in [1.54, 1.807) is 12.1 Å². The molecule has 0 heterocycles. The second-order valence-corrected chi connectivity index (χ2v) is 2.02. The molecule has 0 aliphatic heterocycles. The van der Waals surface area contributed by atoms with Crippen LogP contribution in [0.1, 0.15) is 25.0 Å². The van der Waals surface area contributed by atoms with E-state index in [-0.39, 0.29) is 0 Å². The summed E-state index contributed by atoms with van der Waals surface area (Å²) in [5, 5.41) is 8.47. The van der Waals surface area contributed by atoms with Gasteiger partial charge in [-0.3, -0.25) is 0 Å². The summed E-state index contributed by atoms with van der Waals surface area (Å²) >= 11 is 0. The molecule has 0 aromatic heterocycles. The van der Waals surface area contributed by atoms with Crippen LogP contribution in [0.25, 0.3) is 0 Å². The van der Waals surface area contributed by atoms with Gasteiger partial charge in [-0.2, -0.15) is 5.26 Å². The van der Waals surface area contributed by atoms with Crippen LogP contribution in [0.3, 0.4) is 0 Å². The molecular weight excluding hydrogens is 148 g/mol. The summed E-state index contributed by atoms with van der Waals surface area (Å²) in [5.41, 5.74) is 7.03. The monoisotopic (exact) mass is 162 g/mol. The topological polar surface area (TPSA) is 49.8 Å². The molecule has 0 saturated carbocycles. The molecule has 64 valence electrons. The van der Waals surface area contributed by atoms with Crippen LogP contribution in [0.4, 0.5) is 0 Å². The minimum Gasteiger partial charge on any atom is -0.326 e. The van der Waals surface area contributed by atoms with Gasteiger partial charge in [-0.15, -0.1) is 0 Å². The first-order valence-electron chi connectivity index (χ1n) is 4.06. The maximum Gasteiger partial charge on any atom is 0.0991 e. The number of benzene rings is 1. The van der Waals surface area contributed by atoms with Crippen molar-refractivity contribution < 1.29 is 0 Å². The Morgan fingerprint density at radius 3 is 2.58 bits per heavy atom. The molecule has 1 rings (SSSR count). The van der Waals surface area contributed by atoms with Crippen LogP contribution in [-0.4, -0.2) is 0 Å². The molecule has 12 heavy (non-hydrogen) atoms. The molecule has 0 amide bonds. The zero-order chi connectivity index (χ0) is 9.40. The number of nitrogens with two attached hydrogens (primary N) is 1. The van der Waals surface area contributed by atoms with E-state index in [9.17, 15) is 0 Å². The van der Waals surface area contributed by atoms with Crippen LogP contribution in [0, 0.1) is 11.3 Å². The van der Waals surface area contributed by atoms with Gasteiger partial charge in [0.25, 0.3) is 0 Å². The number of hydrogen-bond donors (Lipinski definition) is 1. The van der Waals surface area contributed by atoms with Gasteiger partial charge in [0.2, 0.25) is 0 Å². The van der Waals surface area contributed by atoms with Gasteiger partial charge in [0.15, 0.2) is 0 Å². The Hall–Kier alpha value is -1.33. The van der Waals surface area contributed by atoms with E-state index in [1.165, 1.54) is 0 Å². The molecule has 0 aliphatic rings. The van der Waals surface area contributed by atoms with E-state index < -0.39 is 0 Å². The van der Waals surface area contributed by atoms with Crippen molar-refractivity contribution in [3.05, 3.63) is 35.4 Å². The van der Waals surface area contributed by atoms with Crippen molar-refractivity contribution >= 4 is 0 Å². The summed E-state index contributed by atoms with van der Waals surface area (Å²) in [5.74, 6) is 0. The minimum absolute atomic E-state index is 0.496. The van der Waals surface area contributed by atoms with Crippen LogP contribution >= 0.6 is 0 Å². The SMILES string of the molecule is CC.N#Cc1cccc(CN)c1. The third kappa shape index (κ3) is 3.18. The predicted molar refractivity (Wildman–Crippen MR) is 50.4 cm³/mol. The number of rotatable bonds is 1. The Bertz CT molecular complexity index is 261. The van der Waals surface area contributed by atoms with E-state index in [2.05, 4.69) is 0 Å². The largest absolute Gasteiger partial charge is 0.326 e. The molecule has 0 radical (unpaired) electrons. The van der Waals surface area contributed by atoms with Crippen LogP contribution < -0.4 is 5.73 Å². The standard InChI is InChI=1S/C8H8N2.C2H6/c9-5-7-2-1-3-8(4-7)6-10;1-2/h1-4H,5,9H2;1-2H3. The minimum atomic E-state index is 0.496. The molecule has 2 heteroatoms. The van der Waals surface area contributed by atoms with Crippen LogP contribution in [0.15, 0.2) is 24.3 Å². The van der Waals surface area contributed by atoms with Crippen molar-refractivity contribution in [2.45, 2.75) is 20.4 Å². The van der Waals surface area contributed by atoms with Crippen molar-refractivity contribution in [2.24, 2.45) is 5.73 Å². The number of nitrogens with zero attached hydrogens (tertiary/aromatic N) is 1. The summed E-state index contributed by atoms with van der Waals surface area (Å²) in [6.45, 7) is 4.50. The zero-order valence-corrected chi connectivity index (χ0v) is 7.54. The fraction of sp³-hybridized carbons (Fsp3) is 0.300. The summed E-state index contributed by atoms with van der Waals surface area (Å²) < 4.78 is 0. The first-order valence-corrected chi connectivity index (χ1v) is 4.06. The van der Waals surface area contributed by atoms with E-state index in [1.807, 2.05) is 32.0 Å². The zero-order valence-electron chi connectivity index (χ0n) is 7.54. The normalized spacial score (nSPS) is 7.83. The number of nitriles is 1. The van der Waals surface area contributed by atoms with Gasteiger partial charge in [0.1, 0.15) is 0 Å². The summed E-state index contributed by atoms with van der Waals surface area (Å²) in [4.78, 5) is 0. The number of hydrogen-bond acceptors (Lipinski definition) is 2. The summed E-state index contributed by atoms with van der Waals surface area (Å²) in [6.07, 6.45) is 0. The quantitative estimate of drug-likeness (QED) is 0.687. The Labute approximate surface area is 73.6 Å². The van der Waals surface area contributed by atoms with Gasteiger partial charge in [0.05, 0.1) is 11.6 Å². The average Bonchev–Trinajstić information content (AvgIpc) is 2.21. The van der Waals surface area contributed by atoms with Gasteiger partial charge in [0, 0.05) is 6.54 Å². The molecule has 1 aromatic rings. The van der Waals surface area contributed by atoms with Crippen molar-refractivity contribution in [3.63, 3.8) is 0 Å². The van der Waals surface area contributed by atoms with Gasteiger partial charge >= 0.3 is 0 Å². The Balaban J connectivity index is 0.000000561. The Morgan fingerprint density at radius 1 is 1.42 bits per heavy atom. The van der Waals surface area contributed by atoms with Gasteiger partial charge in [-0.25, -0.2) is 0 Å². The second-order valence-electron chi connectivity index (χ2n) is 2.02. The third-order valence-electron chi connectivity index (χ3n) is 1.29. The van der Waals surface area contributed by atoms with Gasteiger partial charge in [-0.05, 0) is 17.7 Å². The van der Waals surface area contributed by atoms with E-state index in [0.29, 0.717) is 12.1 Å². The van der Waals surface area contributed by atoms with Crippen molar-refractivity contribution in [1.29, 1.82) is 5.26 Å². The van der Waals surface area contributed by atoms with Crippen molar-refractivity contribution in [1.82, 2.24) is 0 Å². The highest BCUT2D eigenvalue weighted by molar-refractivity contribution is 5.32. The lowest BCUT2D eigenvalue weighted by Crippen LogP contribution is -1.95. The Kier molecular flexibility index (Phi) is 5.68. The third-order valence-corrected chi connectivity index (χ3v) is 1.29. The molecule has 0 fully saturated rings. The molecule has 1 aromatic carbocycles. The van der Waals surface area contributed by atoms with Gasteiger partial charge in [-0.1, -0.05) is 26.0 Å². The first kappa shape index (κ1) is 10.7. The molecule has 0 saturated heterocycles. The first-order chi connectivity index (χ1) is 5.86.